The number of alkyl halides is 1. The number of methoxy groups -OCH3 is 2. The van der Waals surface area contributed by atoms with E-state index in [4.69, 9.17) is 21.1 Å². The summed E-state index contributed by atoms with van der Waals surface area (Å²) < 4.78 is 11.1. The number of rotatable bonds is 10. The quantitative estimate of drug-likeness (QED) is 0.264. The Morgan fingerprint density at radius 2 is 1.78 bits per heavy atom. The number of nitrogens with zero attached hydrogens (tertiary/aromatic N) is 1. The van der Waals surface area contributed by atoms with Crippen molar-refractivity contribution in [2.75, 3.05) is 20.1 Å². The normalized spacial score (nSPS) is 11.7. The number of aryl methyl sites for hydroxylation is 1. The largest absolute Gasteiger partial charge is 0.493 e. The fourth-order valence-electron chi connectivity index (χ4n) is 2.99. The first kappa shape index (κ1) is 21.5. The molecule has 2 aromatic rings. The lowest BCUT2D eigenvalue weighted by molar-refractivity contribution is 0.350. The molecule has 0 saturated carbocycles. The number of hydrogen-bond donors (Lipinski definition) is 0. The topological polar surface area (TPSA) is 42.2 Å². The van der Waals surface area contributed by atoms with Crippen molar-refractivity contribution in [2.45, 2.75) is 42.8 Å². The van der Waals surface area contributed by atoms with Gasteiger partial charge in [-0.15, -0.1) is 23.4 Å². The Hall–Kier alpha value is -1.83. The van der Waals surface area contributed by atoms with Gasteiger partial charge in [0.2, 0.25) is 0 Å². The third-order valence-corrected chi connectivity index (χ3v) is 5.83. The molecule has 0 bridgehead atoms. The Morgan fingerprint density at radius 1 is 1.04 bits per heavy atom. The SMILES string of the molecule is COc1ccc(C(C#N)Sc2ccc(C)cc2)c(CCCCCCl)c1OC. The lowest BCUT2D eigenvalue weighted by Gasteiger charge is -2.19. The molecular formula is C22H26ClNO2S. The summed E-state index contributed by atoms with van der Waals surface area (Å²) >= 11 is 7.37. The molecule has 27 heavy (non-hydrogen) atoms. The van der Waals surface area contributed by atoms with Gasteiger partial charge in [-0.1, -0.05) is 30.2 Å². The maximum atomic E-state index is 9.86. The molecule has 0 aliphatic heterocycles. The van der Waals surface area contributed by atoms with E-state index in [1.807, 2.05) is 12.1 Å². The minimum atomic E-state index is -0.310. The van der Waals surface area contributed by atoms with Crippen LogP contribution in [0.2, 0.25) is 0 Å². The van der Waals surface area contributed by atoms with Crippen LogP contribution in [0, 0.1) is 18.3 Å². The van der Waals surface area contributed by atoms with Gasteiger partial charge in [-0.2, -0.15) is 5.26 Å². The Morgan fingerprint density at radius 3 is 2.37 bits per heavy atom. The smallest absolute Gasteiger partial charge is 0.164 e. The molecule has 0 fully saturated rings. The van der Waals surface area contributed by atoms with Gasteiger partial charge < -0.3 is 9.47 Å². The van der Waals surface area contributed by atoms with Gasteiger partial charge in [-0.05, 0) is 49.9 Å². The average molecular weight is 404 g/mol. The first-order chi connectivity index (χ1) is 13.1. The molecule has 0 amide bonds. The number of thioether (sulfide) groups is 1. The van der Waals surface area contributed by atoms with Gasteiger partial charge in [0.25, 0.3) is 0 Å². The van der Waals surface area contributed by atoms with Gasteiger partial charge in [0.15, 0.2) is 11.5 Å². The molecule has 144 valence electrons. The van der Waals surface area contributed by atoms with Crippen molar-refractivity contribution in [3.8, 4) is 17.6 Å². The molecule has 5 heteroatoms. The Bertz CT molecular complexity index is 771. The Labute approximate surface area is 171 Å². The van der Waals surface area contributed by atoms with E-state index in [1.165, 1.54) is 5.56 Å². The van der Waals surface area contributed by atoms with Crippen molar-refractivity contribution in [3.05, 3.63) is 53.1 Å². The van der Waals surface area contributed by atoms with Gasteiger partial charge in [0.05, 0.1) is 20.3 Å². The minimum Gasteiger partial charge on any atom is -0.493 e. The van der Waals surface area contributed by atoms with Crippen LogP contribution < -0.4 is 9.47 Å². The van der Waals surface area contributed by atoms with Crippen molar-refractivity contribution in [2.24, 2.45) is 0 Å². The monoisotopic (exact) mass is 403 g/mol. The van der Waals surface area contributed by atoms with Crippen LogP contribution in [0.1, 0.15) is 41.2 Å². The summed E-state index contributed by atoms with van der Waals surface area (Å²) in [5.41, 5.74) is 3.25. The second-order valence-electron chi connectivity index (χ2n) is 6.31. The summed E-state index contributed by atoms with van der Waals surface area (Å²) in [6.45, 7) is 2.06. The molecule has 3 nitrogen and oxygen atoms in total. The summed E-state index contributed by atoms with van der Waals surface area (Å²) in [6, 6.07) is 14.6. The minimum absolute atomic E-state index is 0.310. The van der Waals surface area contributed by atoms with Crippen LogP contribution >= 0.6 is 23.4 Å². The second-order valence-corrected chi connectivity index (χ2v) is 7.87. The van der Waals surface area contributed by atoms with Crippen LogP contribution in [0.25, 0.3) is 0 Å². The molecule has 0 aliphatic rings. The molecule has 1 unspecified atom stereocenters. The lowest BCUT2D eigenvalue weighted by atomic mass is 9.97. The molecule has 0 spiro atoms. The van der Waals surface area contributed by atoms with E-state index in [-0.39, 0.29) is 5.25 Å². The van der Waals surface area contributed by atoms with E-state index in [2.05, 4.69) is 37.3 Å². The summed E-state index contributed by atoms with van der Waals surface area (Å²) in [6.07, 6.45) is 3.87. The Kier molecular flexibility index (Phi) is 8.84. The maximum absolute atomic E-state index is 9.86. The van der Waals surface area contributed by atoms with Gasteiger partial charge in [-0.3, -0.25) is 0 Å². The highest BCUT2D eigenvalue weighted by Gasteiger charge is 2.22. The highest BCUT2D eigenvalue weighted by atomic mass is 35.5. The van der Waals surface area contributed by atoms with E-state index < -0.39 is 0 Å². The molecule has 2 aromatic carbocycles. The van der Waals surface area contributed by atoms with Gasteiger partial charge in [-0.25, -0.2) is 0 Å². The number of benzene rings is 2. The van der Waals surface area contributed by atoms with Crippen LogP contribution in [-0.4, -0.2) is 20.1 Å². The molecule has 2 rings (SSSR count). The number of unbranched alkanes of at least 4 members (excludes halogenated alkanes) is 2. The van der Waals surface area contributed by atoms with Crippen molar-refractivity contribution < 1.29 is 9.47 Å². The first-order valence-corrected chi connectivity index (χ1v) is 10.5. The van der Waals surface area contributed by atoms with Crippen molar-refractivity contribution in [1.82, 2.24) is 0 Å². The fourth-order valence-corrected chi connectivity index (χ4v) is 4.15. The van der Waals surface area contributed by atoms with Crippen LogP contribution in [0.3, 0.4) is 0 Å². The van der Waals surface area contributed by atoms with E-state index in [0.29, 0.717) is 11.6 Å². The zero-order chi connectivity index (χ0) is 19.6. The van der Waals surface area contributed by atoms with Gasteiger partial charge in [0.1, 0.15) is 5.25 Å². The van der Waals surface area contributed by atoms with E-state index >= 15 is 0 Å². The molecule has 1 atom stereocenters. The second kappa shape index (κ2) is 11.1. The highest BCUT2D eigenvalue weighted by molar-refractivity contribution is 7.99. The summed E-state index contributed by atoms with van der Waals surface area (Å²) in [4.78, 5) is 1.08. The number of nitriles is 1. The highest BCUT2D eigenvalue weighted by Crippen LogP contribution is 2.42. The summed E-state index contributed by atoms with van der Waals surface area (Å²) in [5, 5.41) is 9.55. The Balaban J connectivity index is 2.36. The predicted octanol–water partition coefficient (Wildman–Crippen LogP) is 6.32. The van der Waals surface area contributed by atoms with Crippen LogP contribution in [0.15, 0.2) is 41.3 Å². The van der Waals surface area contributed by atoms with Crippen LogP contribution in [0.5, 0.6) is 11.5 Å². The van der Waals surface area contributed by atoms with Gasteiger partial charge in [0, 0.05) is 16.3 Å². The van der Waals surface area contributed by atoms with Crippen molar-refractivity contribution in [3.63, 3.8) is 0 Å². The first-order valence-electron chi connectivity index (χ1n) is 9.07. The van der Waals surface area contributed by atoms with E-state index in [1.54, 1.807) is 26.0 Å². The van der Waals surface area contributed by atoms with Crippen molar-refractivity contribution >= 4 is 23.4 Å². The molecular weight excluding hydrogens is 378 g/mol. The van der Waals surface area contributed by atoms with Crippen LogP contribution in [-0.2, 0) is 6.42 Å². The van der Waals surface area contributed by atoms with E-state index in [9.17, 15) is 5.26 Å². The molecule has 0 radical (unpaired) electrons. The van der Waals surface area contributed by atoms with Gasteiger partial charge >= 0.3 is 0 Å². The zero-order valence-electron chi connectivity index (χ0n) is 16.1. The predicted molar refractivity (Wildman–Crippen MR) is 113 cm³/mol. The van der Waals surface area contributed by atoms with Crippen LogP contribution in [0.4, 0.5) is 0 Å². The lowest BCUT2D eigenvalue weighted by Crippen LogP contribution is -2.04. The standard InChI is InChI=1S/C22H26ClNO2S/c1-16-8-10-17(11-9-16)27-21(15-24)18-12-13-20(25-2)22(26-3)19(18)7-5-4-6-14-23/h8-13,21H,4-7,14H2,1-3H3. The average Bonchev–Trinajstić information content (AvgIpc) is 2.70. The summed E-state index contributed by atoms with van der Waals surface area (Å²) in [5.74, 6) is 2.10. The molecule has 0 N–H and O–H groups in total. The number of halogens is 1. The summed E-state index contributed by atoms with van der Waals surface area (Å²) in [7, 11) is 3.29. The van der Waals surface area contributed by atoms with E-state index in [0.717, 1.165) is 47.5 Å². The maximum Gasteiger partial charge on any atom is 0.164 e. The zero-order valence-corrected chi connectivity index (χ0v) is 17.7. The molecule has 0 saturated heterocycles. The number of ether oxygens (including phenoxy) is 2. The third-order valence-electron chi connectivity index (χ3n) is 4.42. The molecule has 0 aliphatic carbocycles. The fraction of sp³-hybridized carbons (Fsp3) is 0.409. The number of hydrogen-bond acceptors (Lipinski definition) is 4. The third kappa shape index (κ3) is 5.82. The van der Waals surface area contributed by atoms with Crippen molar-refractivity contribution in [1.29, 1.82) is 5.26 Å². The molecule has 0 heterocycles. The molecule has 0 aromatic heterocycles.